The lowest BCUT2D eigenvalue weighted by Gasteiger charge is -2.38. The van der Waals surface area contributed by atoms with Crippen LogP contribution in [0.5, 0.6) is 0 Å². The molecule has 0 radical (unpaired) electrons. The normalized spacial score (nSPS) is 17.5. The first-order chi connectivity index (χ1) is 15.7. The number of methoxy groups -OCH3 is 1. The van der Waals surface area contributed by atoms with Crippen molar-refractivity contribution in [3.8, 4) is 0 Å². The van der Waals surface area contributed by atoms with E-state index in [1.54, 1.807) is 26.2 Å². The third-order valence-electron chi connectivity index (χ3n) is 5.29. The number of carbonyl (C=O) groups is 2. The Balaban J connectivity index is 0.000000357. The maximum atomic E-state index is 11.5. The van der Waals surface area contributed by atoms with Crippen molar-refractivity contribution in [2.24, 2.45) is 0 Å². The number of rotatable bonds is 8. The van der Waals surface area contributed by atoms with Crippen LogP contribution in [0.4, 0.5) is 11.4 Å². The molecule has 3 rings (SSSR count). The highest BCUT2D eigenvalue weighted by Gasteiger charge is 2.29. The first kappa shape index (κ1) is 26.2. The van der Waals surface area contributed by atoms with Gasteiger partial charge in [0.2, 0.25) is 6.41 Å². The number of carboxylic acid groups (broad SMARTS) is 1. The molecule has 2 heterocycles. The molecule has 10 heteroatoms. The molecule has 2 atom stereocenters. The number of hydrogen-bond acceptors (Lipinski definition) is 6. The van der Waals surface area contributed by atoms with Gasteiger partial charge < -0.3 is 30.4 Å². The largest absolute Gasteiger partial charge is 0.478 e. The second-order valence-corrected chi connectivity index (χ2v) is 8.14. The number of carboxylic acids is 1. The molecule has 1 aliphatic rings. The van der Waals surface area contributed by atoms with Crippen LogP contribution in [0.2, 0.25) is 5.15 Å². The predicted molar refractivity (Wildman–Crippen MR) is 130 cm³/mol. The van der Waals surface area contributed by atoms with Crippen molar-refractivity contribution in [2.45, 2.75) is 45.8 Å². The Kier molecular flexibility index (Phi) is 9.74. The van der Waals surface area contributed by atoms with E-state index >= 15 is 0 Å². The van der Waals surface area contributed by atoms with Crippen LogP contribution in [0.1, 0.15) is 42.1 Å². The molecule has 0 aliphatic carbocycles. The molecule has 0 spiro atoms. The van der Waals surface area contributed by atoms with E-state index < -0.39 is 5.97 Å². The Labute approximate surface area is 199 Å². The third-order valence-corrected chi connectivity index (χ3v) is 5.60. The second-order valence-electron chi connectivity index (χ2n) is 7.79. The Morgan fingerprint density at radius 2 is 2.21 bits per heavy atom. The molecular weight excluding hydrogens is 446 g/mol. The predicted octanol–water partition coefficient (Wildman–Crippen LogP) is 3.60. The number of imidazole rings is 1. The number of aryl methyl sites for hydroxylation is 2. The lowest BCUT2D eigenvalue weighted by Crippen LogP contribution is -2.53. The number of hydrogen-bond donors (Lipinski definition) is 4. The molecule has 1 amide bonds. The molecule has 180 valence electrons. The van der Waals surface area contributed by atoms with Crippen molar-refractivity contribution < 1.29 is 19.4 Å². The van der Waals surface area contributed by atoms with Gasteiger partial charge in [-0.15, -0.1) is 0 Å². The van der Waals surface area contributed by atoms with Gasteiger partial charge in [-0.25, -0.2) is 9.78 Å². The summed E-state index contributed by atoms with van der Waals surface area (Å²) in [7, 11) is 1.61. The zero-order valence-corrected chi connectivity index (χ0v) is 20.2. The Morgan fingerprint density at radius 1 is 1.48 bits per heavy atom. The van der Waals surface area contributed by atoms with E-state index in [0.29, 0.717) is 36.0 Å². The van der Waals surface area contributed by atoms with Gasteiger partial charge in [-0.2, -0.15) is 0 Å². The summed E-state index contributed by atoms with van der Waals surface area (Å²) in [5.74, 6) is -0.113. The van der Waals surface area contributed by atoms with Crippen LogP contribution in [-0.2, 0) is 16.0 Å². The van der Waals surface area contributed by atoms with Crippen LogP contribution in [0, 0.1) is 6.92 Å². The molecule has 0 bridgehead atoms. The summed E-state index contributed by atoms with van der Waals surface area (Å²) in [6.45, 7) is 10.7. The van der Waals surface area contributed by atoms with Gasteiger partial charge in [0.25, 0.3) is 0 Å². The molecule has 1 saturated heterocycles. The molecule has 0 saturated carbocycles. The van der Waals surface area contributed by atoms with Crippen LogP contribution >= 0.6 is 11.6 Å². The molecular formula is C23H32ClN5O4. The van der Waals surface area contributed by atoms with Crippen molar-refractivity contribution in [3.63, 3.8) is 0 Å². The van der Waals surface area contributed by atoms with Crippen molar-refractivity contribution in [3.05, 3.63) is 52.7 Å². The summed E-state index contributed by atoms with van der Waals surface area (Å²) >= 11 is 5.70. The number of halogens is 1. The summed E-state index contributed by atoms with van der Waals surface area (Å²) in [4.78, 5) is 31.3. The average Bonchev–Trinajstić information content (AvgIpc) is 3.11. The van der Waals surface area contributed by atoms with E-state index in [4.69, 9.17) is 16.3 Å². The van der Waals surface area contributed by atoms with Crippen LogP contribution < -0.4 is 15.5 Å². The Bertz CT molecular complexity index is 978. The molecule has 1 unspecified atom stereocenters. The van der Waals surface area contributed by atoms with Gasteiger partial charge in [0.15, 0.2) is 0 Å². The number of aromatic amines is 1. The van der Waals surface area contributed by atoms with Crippen molar-refractivity contribution in [1.82, 2.24) is 15.3 Å². The number of anilines is 2. The van der Waals surface area contributed by atoms with Crippen LogP contribution in [0.15, 0.2) is 30.5 Å². The highest BCUT2D eigenvalue weighted by atomic mass is 35.5. The summed E-state index contributed by atoms with van der Waals surface area (Å²) in [5, 5.41) is 15.8. The second kappa shape index (κ2) is 12.3. The smallest absolute Gasteiger partial charge is 0.337 e. The molecule has 9 nitrogen and oxygen atoms in total. The minimum absolute atomic E-state index is 0.0351. The molecule has 1 aromatic heterocycles. The van der Waals surface area contributed by atoms with Gasteiger partial charge in [0.05, 0.1) is 29.1 Å². The molecule has 1 aromatic carbocycles. The first-order valence-electron chi connectivity index (χ1n) is 10.7. The number of ether oxygens (including phenoxy) is 1. The maximum absolute atomic E-state index is 11.5. The van der Waals surface area contributed by atoms with Gasteiger partial charge in [0, 0.05) is 31.6 Å². The van der Waals surface area contributed by atoms with E-state index in [0.717, 1.165) is 30.0 Å². The summed E-state index contributed by atoms with van der Waals surface area (Å²) < 4.78 is 5.46. The van der Waals surface area contributed by atoms with Crippen molar-refractivity contribution in [1.29, 1.82) is 0 Å². The number of piperidine rings is 1. The van der Waals surface area contributed by atoms with Crippen molar-refractivity contribution >= 4 is 35.4 Å². The molecule has 33 heavy (non-hydrogen) atoms. The van der Waals surface area contributed by atoms with E-state index in [9.17, 15) is 14.7 Å². The molecule has 4 N–H and O–H groups in total. The van der Waals surface area contributed by atoms with Gasteiger partial charge in [-0.3, -0.25) is 4.79 Å². The zero-order chi connectivity index (χ0) is 24.5. The fourth-order valence-electron chi connectivity index (χ4n) is 3.66. The number of amides is 1. The third kappa shape index (κ3) is 7.23. The van der Waals surface area contributed by atoms with Crippen LogP contribution in [-0.4, -0.2) is 59.8 Å². The van der Waals surface area contributed by atoms with Gasteiger partial charge in [-0.05, 0) is 44.9 Å². The standard InChI is InChI=1S/C17H23N3O4.C6H9ClN2/c1-11(2)19-14-5-4-12(8-13(14)17(22)23)20-7-6-15(18-10-21)16(9-20)24-3;1-3-5-6(7)9-4(2)8-5/h4-5,8,10,15-16,19H,1,6-7,9H2,2-3H3,(H,18,21)(H,22,23);3H2,1-2H3,(H,8,9)/t15-,16?;/m1./s1. The topological polar surface area (TPSA) is 120 Å². The molecule has 1 fully saturated rings. The zero-order valence-electron chi connectivity index (χ0n) is 19.4. The number of aromatic nitrogens is 2. The summed E-state index contributed by atoms with van der Waals surface area (Å²) in [6, 6.07) is 5.23. The average molecular weight is 478 g/mol. The van der Waals surface area contributed by atoms with Gasteiger partial charge >= 0.3 is 5.97 Å². The molecule has 1 aliphatic heterocycles. The van der Waals surface area contributed by atoms with Crippen LogP contribution in [0.25, 0.3) is 0 Å². The summed E-state index contributed by atoms with van der Waals surface area (Å²) in [5.41, 5.74) is 3.21. The molecule has 2 aromatic rings. The number of nitrogens with one attached hydrogen (secondary N) is 3. The fraction of sp³-hybridized carbons (Fsp3) is 0.435. The maximum Gasteiger partial charge on any atom is 0.337 e. The highest BCUT2D eigenvalue weighted by Crippen LogP contribution is 2.27. The number of carbonyl (C=O) groups excluding carboxylic acids is 1. The summed E-state index contributed by atoms with van der Waals surface area (Å²) in [6.07, 6.45) is 2.18. The number of aromatic carboxylic acids is 1. The Hall–Kier alpha value is -3.04. The van der Waals surface area contributed by atoms with Gasteiger partial charge in [0.1, 0.15) is 11.0 Å². The monoisotopic (exact) mass is 477 g/mol. The minimum Gasteiger partial charge on any atom is -0.478 e. The number of allylic oxidation sites excluding steroid dienone is 1. The first-order valence-corrected chi connectivity index (χ1v) is 11.1. The SMILES string of the molecule is C=C(C)Nc1ccc(N2CC[C@@H](NC=O)C(OC)C2)cc1C(=O)O.CCc1[nH]c(C)nc1Cl. The van der Waals surface area contributed by atoms with Crippen molar-refractivity contribution in [2.75, 3.05) is 30.4 Å². The minimum atomic E-state index is -0.999. The van der Waals surface area contributed by atoms with E-state index in [1.807, 2.05) is 19.9 Å². The van der Waals surface area contributed by atoms with E-state index in [2.05, 4.69) is 32.1 Å². The number of H-pyrrole nitrogens is 1. The highest BCUT2D eigenvalue weighted by molar-refractivity contribution is 6.30. The van der Waals surface area contributed by atoms with Crippen LogP contribution in [0.3, 0.4) is 0 Å². The van der Waals surface area contributed by atoms with E-state index in [-0.39, 0.29) is 17.7 Å². The lowest BCUT2D eigenvalue weighted by atomic mass is 10.0. The number of benzene rings is 1. The lowest BCUT2D eigenvalue weighted by molar-refractivity contribution is -0.111. The number of nitrogens with zero attached hydrogens (tertiary/aromatic N) is 2. The fourth-order valence-corrected chi connectivity index (χ4v) is 3.97. The van der Waals surface area contributed by atoms with E-state index in [1.165, 1.54) is 0 Å². The quantitative estimate of drug-likeness (QED) is 0.429. The Morgan fingerprint density at radius 3 is 2.70 bits per heavy atom. The van der Waals surface area contributed by atoms with Gasteiger partial charge in [-0.1, -0.05) is 25.1 Å².